The maximum atomic E-state index is 3.67. The van der Waals surface area contributed by atoms with Crippen molar-refractivity contribution in [1.29, 1.82) is 0 Å². The molecule has 0 bridgehead atoms. The van der Waals surface area contributed by atoms with Crippen LogP contribution in [0.5, 0.6) is 0 Å². The molecule has 0 saturated carbocycles. The summed E-state index contributed by atoms with van der Waals surface area (Å²) in [5, 5.41) is 3.67. The molecular formula is C16H26BrN. The lowest BCUT2D eigenvalue weighted by molar-refractivity contribution is 0.470. The fourth-order valence-corrected chi connectivity index (χ4v) is 2.62. The smallest absolute Gasteiger partial charge is 0.0320 e. The second-order valence-electron chi connectivity index (χ2n) is 4.91. The zero-order valence-corrected chi connectivity index (χ0v) is 13.3. The van der Waals surface area contributed by atoms with Crippen molar-refractivity contribution >= 4 is 15.9 Å². The number of nitrogens with one attached hydrogen (secondary N) is 1. The van der Waals surface area contributed by atoms with Crippen LogP contribution in [0.25, 0.3) is 0 Å². The molecule has 0 aliphatic heterocycles. The summed E-state index contributed by atoms with van der Waals surface area (Å²) in [6.45, 7) is 5.59. The molecule has 18 heavy (non-hydrogen) atoms. The van der Waals surface area contributed by atoms with Crippen molar-refractivity contribution in [3.05, 3.63) is 34.3 Å². The van der Waals surface area contributed by atoms with Crippen molar-refractivity contribution < 1.29 is 0 Å². The minimum atomic E-state index is 0.513. The van der Waals surface area contributed by atoms with E-state index >= 15 is 0 Å². The van der Waals surface area contributed by atoms with Gasteiger partial charge in [-0.3, -0.25) is 0 Å². The Labute approximate surface area is 120 Å². The van der Waals surface area contributed by atoms with Crippen LogP contribution in [0.3, 0.4) is 0 Å². The number of halogens is 1. The van der Waals surface area contributed by atoms with E-state index in [2.05, 4.69) is 59.4 Å². The highest BCUT2D eigenvalue weighted by Gasteiger charge is 2.10. The average Bonchev–Trinajstić information content (AvgIpc) is 2.38. The molecule has 0 heterocycles. The van der Waals surface area contributed by atoms with Gasteiger partial charge in [-0.2, -0.15) is 0 Å². The van der Waals surface area contributed by atoms with Crippen LogP contribution in [0.4, 0.5) is 0 Å². The van der Waals surface area contributed by atoms with Crippen molar-refractivity contribution in [2.45, 2.75) is 58.4 Å². The van der Waals surface area contributed by atoms with Crippen LogP contribution in [-0.4, -0.2) is 6.54 Å². The monoisotopic (exact) mass is 311 g/mol. The van der Waals surface area contributed by atoms with Gasteiger partial charge in [0, 0.05) is 10.5 Å². The quantitative estimate of drug-likeness (QED) is 0.597. The Kier molecular flexibility index (Phi) is 8.36. The van der Waals surface area contributed by atoms with Gasteiger partial charge in [-0.15, -0.1) is 0 Å². The summed E-state index contributed by atoms with van der Waals surface area (Å²) in [5.41, 5.74) is 1.41. The lowest BCUT2D eigenvalue weighted by Gasteiger charge is -2.19. The number of benzene rings is 1. The van der Waals surface area contributed by atoms with Crippen LogP contribution in [0.1, 0.15) is 64.0 Å². The van der Waals surface area contributed by atoms with Crippen molar-refractivity contribution in [3.8, 4) is 0 Å². The van der Waals surface area contributed by atoms with Crippen LogP contribution < -0.4 is 5.32 Å². The molecule has 1 unspecified atom stereocenters. The van der Waals surface area contributed by atoms with Crippen LogP contribution in [-0.2, 0) is 0 Å². The maximum Gasteiger partial charge on any atom is 0.0320 e. The maximum absolute atomic E-state index is 3.67. The molecule has 0 aliphatic carbocycles. The van der Waals surface area contributed by atoms with E-state index < -0.39 is 0 Å². The lowest BCUT2D eigenvalue weighted by Crippen LogP contribution is -2.22. The normalized spacial score (nSPS) is 12.6. The van der Waals surface area contributed by atoms with Gasteiger partial charge in [0.1, 0.15) is 0 Å². The third kappa shape index (κ3) is 6.01. The molecule has 0 spiro atoms. The molecule has 1 nitrogen and oxygen atoms in total. The molecule has 1 aromatic carbocycles. The lowest BCUT2D eigenvalue weighted by atomic mass is 10.00. The Balaban J connectivity index is 2.54. The number of unbranched alkanes of at least 4 members (excludes halogenated alkanes) is 3. The molecular weight excluding hydrogens is 286 g/mol. The summed E-state index contributed by atoms with van der Waals surface area (Å²) >= 11 is 3.56. The molecule has 2 heteroatoms. The first-order valence-corrected chi connectivity index (χ1v) is 8.06. The summed E-state index contributed by atoms with van der Waals surface area (Å²) in [5.74, 6) is 0. The van der Waals surface area contributed by atoms with E-state index in [-0.39, 0.29) is 0 Å². The Morgan fingerprint density at radius 3 is 2.61 bits per heavy atom. The number of hydrogen-bond acceptors (Lipinski definition) is 1. The van der Waals surface area contributed by atoms with E-state index in [4.69, 9.17) is 0 Å². The summed E-state index contributed by atoms with van der Waals surface area (Å²) in [6.07, 6.45) is 7.79. The number of rotatable bonds is 9. The third-order valence-corrected chi connectivity index (χ3v) is 3.73. The van der Waals surface area contributed by atoms with Gasteiger partial charge >= 0.3 is 0 Å². The number of hydrogen-bond donors (Lipinski definition) is 1. The molecule has 0 saturated heterocycles. The molecule has 0 aliphatic rings. The van der Waals surface area contributed by atoms with E-state index in [9.17, 15) is 0 Å². The van der Waals surface area contributed by atoms with Crippen molar-refractivity contribution in [2.24, 2.45) is 0 Å². The van der Waals surface area contributed by atoms with Crippen molar-refractivity contribution in [1.82, 2.24) is 5.32 Å². The first kappa shape index (κ1) is 15.7. The molecule has 1 aromatic rings. The topological polar surface area (TPSA) is 12.0 Å². The summed E-state index contributed by atoms with van der Waals surface area (Å²) < 4.78 is 1.18. The van der Waals surface area contributed by atoms with Crippen LogP contribution in [0.15, 0.2) is 28.7 Å². The highest BCUT2D eigenvalue weighted by Crippen LogP contribution is 2.23. The SMILES string of the molecule is CCCCCCC(NCCC)c1cccc(Br)c1. The van der Waals surface area contributed by atoms with Gasteiger partial charge in [0.25, 0.3) is 0 Å². The van der Waals surface area contributed by atoms with Gasteiger partial charge in [0.05, 0.1) is 0 Å². The van der Waals surface area contributed by atoms with Crippen molar-refractivity contribution in [3.63, 3.8) is 0 Å². The molecule has 102 valence electrons. The minimum Gasteiger partial charge on any atom is -0.310 e. The summed E-state index contributed by atoms with van der Waals surface area (Å²) in [6, 6.07) is 9.22. The van der Waals surface area contributed by atoms with E-state index in [0.717, 1.165) is 6.54 Å². The third-order valence-electron chi connectivity index (χ3n) is 3.24. The zero-order valence-electron chi connectivity index (χ0n) is 11.7. The second-order valence-corrected chi connectivity index (χ2v) is 5.83. The second kappa shape index (κ2) is 9.57. The van der Waals surface area contributed by atoms with Gasteiger partial charge in [-0.25, -0.2) is 0 Å². The fraction of sp³-hybridized carbons (Fsp3) is 0.625. The van der Waals surface area contributed by atoms with E-state index in [1.165, 1.54) is 48.6 Å². The Morgan fingerprint density at radius 1 is 1.11 bits per heavy atom. The van der Waals surface area contributed by atoms with Gasteiger partial charge in [0.2, 0.25) is 0 Å². The zero-order chi connectivity index (χ0) is 13.2. The standard InChI is InChI=1S/C16H26BrN/c1-3-5-6-7-11-16(18-12-4-2)14-9-8-10-15(17)13-14/h8-10,13,16,18H,3-7,11-12H2,1-2H3. The van der Waals surface area contributed by atoms with Crippen LogP contribution in [0, 0.1) is 0 Å². The summed E-state index contributed by atoms with van der Waals surface area (Å²) in [7, 11) is 0. The highest BCUT2D eigenvalue weighted by molar-refractivity contribution is 9.10. The molecule has 0 amide bonds. The molecule has 0 fully saturated rings. The first-order valence-electron chi connectivity index (χ1n) is 7.26. The van der Waals surface area contributed by atoms with Crippen LogP contribution in [0.2, 0.25) is 0 Å². The average molecular weight is 312 g/mol. The van der Waals surface area contributed by atoms with Gasteiger partial charge in [-0.05, 0) is 37.1 Å². The first-order chi connectivity index (χ1) is 8.77. The van der Waals surface area contributed by atoms with E-state index in [0.29, 0.717) is 6.04 Å². The van der Waals surface area contributed by atoms with Crippen molar-refractivity contribution in [2.75, 3.05) is 6.54 Å². The Bertz CT molecular complexity index is 325. The predicted molar refractivity (Wildman–Crippen MR) is 83.9 cm³/mol. The molecule has 0 radical (unpaired) electrons. The van der Waals surface area contributed by atoms with Gasteiger partial charge < -0.3 is 5.32 Å². The van der Waals surface area contributed by atoms with E-state index in [1.54, 1.807) is 0 Å². The minimum absolute atomic E-state index is 0.513. The molecule has 0 aromatic heterocycles. The Morgan fingerprint density at radius 2 is 1.94 bits per heavy atom. The van der Waals surface area contributed by atoms with Gasteiger partial charge in [0.15, 0.2) is 0 Å². The molecule has 1 N–H and O–H groups in total. The fourth-order valence-electron chi connectivity index (χ4n) is 2.20. The van der Waals surface area contributed by atoms with E-state index in [1.807, 2.05) is 0 Å². The van der Waals surface area contributed by atoms with Gasteiger partial charge in [-0.1, -0.05) is 67.6 Å². The molecule has 1 rings (SSSR count). The Hall–Kier alpha value is -0.340. The molecule has 1 atom stereocenters. The summed E-state index contributed by atoms with van der Waals surface area (Å²) in [4.78, 5) is 0. The largest absolute Gasteiger partial charge is 0.310 e. The predicted octanol–water partition coefficient (Wildman–Crippen LogP) is 5.46. The van der Waals surface area contributed by atoms with Crippen LogP contribution >= 0.6 is 15.9 Å². The highest BCUT2D eigenvalue weighted by atomic mass is 79.9.